The maximum absolute atomic E-state index is 12.7. The van der Waals surface area contributed by atoms with Crippen LogP contribution in [0.15, 0.2) is 53.0 Å². The largest absolute Gasteiger partial charge is 0.324 e. The van der Waals surface area contributed by atoms with Gasteiger partial charge in [0.15, 0.2) is 0 Å². The number of rotatable bonds is 1. The Bertz CT molecular complexity index is 640. The van der Waals surface area contributed by atoms with Crippen molar-refractivity contribution >= 4 is 17.2 Å². The second-order valence-electron chi connectivity index (χ2n) is 5.08. The van der Waals surface area contributed by atoms with Crippen molar-refractivity contribution in [1.29, 1.82) is 0 Å². The first kappa shape index (κ1) is 10.7. The molecule has 1 amide bonds. The Hall–Kier alpha value is -2.16. The first-order valence-electron chi connectivity index (χ1n) is 6.66. The van der Waals surface area contributed by atoms with Crippen LogP contribution in [0.2, 0.25) is 0 Å². The zero-order valence-corrected chi connectivity index (χ0v) is 10.5. The van der Waals surface area contributed by atoms with Crippen molar-refractivity contribution in [2.45, 2.75) is 12.5 Å². The lowest BCUT2D eigenvalue weighted by atomic mass is 9.90. The third kappa shape index (κ3) is 1.44. The number of hydrogen-bond acceptors (Lipinski definition) is 2. The van der Waals surface area contributed by atoms with Crippen LogP contribution in [0.5, 0.6) is 0 Å². The summed E-state index contributed by atoms with van der Waals surface area (Å²) in [6, 6.07) is 10.1. The average Bonchev–Trinajstić information content (AvgIpc) is 2.76. The van der Waals surface area contributed by atoms with E-state index in [-0.39, 0.29) is 11.9 Å². The van der Waals surface area contributed by atoms with E-state index in [1.807, 2.05) is 35.2 Å². The zero-order valence-electron chi connectivity index (χ0n) is 10.5. The Balaban J connectivity index is 1.93. The Kier molecular flexibility index (Phi) is 2.21. The summed E-state index contributed by atoms with van der Waals surface area (Å²) < 4.78 is 0. The van der Waals surface area contributed by atoms with Crippen LogP contribution in [0, 0.1) is 0 Å². The quantitative estimate of drug-likeness (QED) is 0.751. The molecule has 1 aliphatic carbocycles. The van der Waals surface area contributed by atoms with Gasteiger partial charge in [-0.15, -0.1) is 0 Å². The SMILES string of the molecule is O=C1C(c2ccccc2)=C2C=CCC3=NCCN1C32. The van der Waals surface area contributed by atoms with Crippen LogP contribution in [-0.2, 0) is 4.79 Å². The Morgan fingerprint density at radius 1 is 1.21 bits per heavy atom. The third-order valence-electron chi connectivity index (χ3n) is 4.03. The molecule has 0 fully saturated rings. The van der Waals surface area contributed by atoms with E-state index in [0.717, 1.165) is 41.9 Å². The summed E-state index contributed by atoms with van der Waals surface area (Å²) in [4.78, 5) is 19.2. The van der Waals surface area contributed by atoms with Crippen molar-refractivity contribution in [2.75, 3.05) is 13.1 Å². The van der Waals surface area contributed by atoms with Gasteiger partial charge in [-0.2, -0.15) is 0 Å². The number of hydrogen-bond donors (Lipinski definition) is 0. The molecule has 2 heterocycles. The van der Waals surface area contributed by atoms with Crippen molar-refractivity contribution in [2.24, 2.45) is 4.99 Å². The first-order chi connectivity index (χ1) is 9.36. The molecule has 3 heteroatoms. The molecule has 0 N–H and O–H groups in total. The van der Waals surface area contributed by atoms with Crippen molar-refractivity contribution in [3.63, 3.8) is 0 Å². The highest BCUT2D eigenvalue weighted by atomic mass is 16.2. The Labute approximate surface area is 112 Å². The van der Waals surface area contributed by atoms with Gasteiger partial charge in [0.25, 0.3) is 5.91 Å². The minimum Gasteiger partial charge on any atom is -0.324 e. The summed E-state index contributed by atoms with van der Waals surface area (Å²) >= 11 is 0. The van der Waals surface area contributed by atoms with Crippen LogP contribution in [-0.4, -0.2) is 35.7 Å². The highest BCUT2D eigenvalue weighted by Gasteiger charge is 2.43. The molecule has 1 unspecified atom stereocenters. The maximum Gasteiger partial charge on any atom is 0.255 e. The van der Waals surface area contributed by atoms with Crippen LogP contribution >= 0.6 is 0 Å². The lowest BCUT2D eigenvalue weighted by molar-refractivity contribution is -0.124. The van der Waals surface area contributed by atoms with Crippen molar-refractivity contribution in [1.82, 2.24) is 4.90 Å². The van der Waals surface area contributed by atoms with Crippen LogP contribution in [0.4, 0.5) is 0 Å². The van der Waals surface area contributed by atoms with Gasteiger partial charge in [-0.05, 0) is 11.1 Å². The van der Waals surface area contributed by atoms with Crippen molar-refractivity contribution in [3.05, 3.63) is 53.6 Å². The van der Waals surface area contributed by atoms with Crippen molar-refractivity contribution < 1.29 is 4.79 Å². The summed E-state index contributed by atoms with van der Waals surface area (Å²) in [5, 5.41) is 0. The molecule has 3 aliphatic rings. The summed E-state index contributed by atoms with van der Waals surface area (Å²) in [5.41, 5.74) is 4.14. The topological polar surface area (TPSA) is 32.7 Å². The second-order valence-corrected chi connectivity index (χ2v) is 5.08. The Morgan fingerprint density at radius 3 is 2.89 bits per heavy atom. The first-order valence-corrected chi connectivity index (χ1v) is 6.66. The van der Waals surface area contributed by atoms with Gasteiger partial charge < -0.3 is 4.90 Å². The minimum absolute atomic E-state index is 0.0986. The molecular formula is C16H14N2O. The predicted molar refractivity (Wildman–Crippen MR) is 74.9 cm³/mol. The fourth-order valence-corrected chi connectivity index (χ4v) is 3.22. The molecule has 94 valence electrons. The number of carbonyl (C=O) groups excluding carboxylic acids is 1. The van der Waals surface area contributed by atoms with E-state index in [9.17, 15) is 4.79 Å². The van der Waals surface area contributed by atoms with Gasteiger partial charge in [-0.25, -0.2) is 0 Å². The fraction of sp³-hybridized carbons (Fsp3) is 0.250. The molecule has 0 radical (unpaired) electrons. The van der Waals surface area contributed by atoms with E-state index in [4.69, 9.17) is 0 Å². The monoisotopic (exact) mass is 250 g/mol. The molecule has 0 aromatic heterocycles. The third-order valence-corrected chi connectivity index (χ3v) is 4.03. The highest BCUT2D eigenvalue weighted by Crippen LogP contribution is 2.38. The molecule has 1 aromatic rings. The van der Waals surface area contributed by atoms with Gasteiger partial charge in [0.2, 0.25) is 0 Å². The summed E-state index contributed by atoms with van der Waals surface area (Å²) in [6.07, 6.45) is 5.10. The van der Waals surface area contributed by atoms with E-state index < -0.39 is 0 Å². The van der Waals surface area contributed by atoms with Gasteiger partial charge >= 0.3 is 0 Å². The molecule has 4 rings (SSSR count). The van der Waals surface area contributed by atoms with Crippen molar-refractivity contribution in [3.8, 4) is 0 Å². The minimum atomic E-state index is 0.0986. The molecule has 0 saturated heterocycles. The highest BCUT2D eigenvalue weighted by molar-refractivity contribution is 6.27. The van der Waals surface area contributed by atoms with Crippen LogP contribution < -0.4 is 0 Å². The number of aliphatic imine (C=N–C) groups is 1. The fourth-order valence-electron chi connectivity index (χ4n) is 3.22. The lowest BCUT2D eigenvalue weighted by Crippen LogP contribution is -2.46. The summed E-state index contributed by atoms with van der Waals surface area (Å²) in [7, 11) is 0. The number of nitrogens with zero attached hydrogens (tertiary/aromatic N) is 2. The van der Waals surface area contributed by atoms with Gasteiger partial charge in [0, 0.05) is 18.7 Å². The van der Waals surface area contributed by atoms with Gasteiger partial charge in [0.05, 0.1) is 18.2 Å². The number of allylic oxidation sites excluding steroid dienone is 1. The van der Waals surface area contributed by atoms with Crippen LogP contribution in [0.1, 0.15) is 12.0 Å². The molecule has 3 nitrogen and oxygen atoms in total. The predicted octanol–water partition coefficient (Wildman–Crippen LogP) is 2.07. The average molecular weight is 250 g/mol. The van der Waals surface area contributed by atoms with E-state index in [1.165, 1.54) is 0 Å². The van der Waals surface area contributed by atoms with Gasteiger partial charge in [-0.3, -0.25) is 9.79 Å². The number of amides is 1. The molecule has 0 bridgehead atoms. The van der Waals surface area contributed by atoms with E-state index >= 15 is 0 Å². The molecule has 1 atom stereocenters. The molecule has 19 heavy (non-hydrogen) atoms. The van der Waals surface area contributed by atoms with E-state index in [0.29, 0.717) is 0 Å². The molecule has 2 aliphatic heterocycles. The van der Waals surface area contributed by atoms with E-state index in [2.05, 4.69) is 17.1 Å². The number of carbonyl (C=O) groups is 1. The van der Waals surface area contributed by atoms with Crippen LogP contribution in [0.25, 0.3) is 5.57 Å². The zero-order chi connectivity index (χ0) is 12.8. The smallest absolute Gasteiger partial charge is 0.255 e. The standard InChI is InChI=1S/C16H14N2O/c19-16-14(11-5-2-1-3-6-11)12-7-4-8-13-15(12)18(16)10-9-17-13/h1-7,15H,8-10H2. The molecule has 0 saturated carbocycles. The number of benzene rings is 1. The summed E-state index contributed by atoms with van der Waals surface area (Å²) in [5.74, 6) is 0.158. The maximum atomic E-state index is 12.7. The second kappa shape index (κ2) is 3.92. The molecule has 1 aromatic carbocycles. The van der Waals surface area contributed by atoms with E-state index in [1.54, 1.807) is 0 Å². The Morgan fingerprint density at radius 2 is 2.05 bits per heavy atom. The molecular weight excluding hydrogens is 236 g/mol. The van der Waals surface area contributed by atoms with Gasteiger partial charge in [-0.1, -0.05) is 42.5 Å². The van der Waals surface area contributed by atoms with Crippen LogP contribution in [0.3, 0.4) is 0 Å². The normalized spacial score (nSPS) is 24.6. The van der Waals surface area contributed by atoms with Gasteiger partial charge in [0.1, 0.15) is 0 Å². The summed E-state index contributed by atoms with van der Waals surface area (Å²) in [6.45, 7) is 1.47. The molecule has 0 spiro atoms. The lowest BCUT2D eigenvalue weighted by Gasteiger charge is -2.32.